The molecule has 3 rings (SSSR count). The number of rotatable bonds is 16. The van der Waals surface area contributed by atoms with Gasteiger partial charge in [-0.3, -0.25) is 9.69 Å². The highest BCUT2D eigenvalue weighted by Gasteiger charge is 2.40. The van der Waals surface area contributed by atoms with Crippen molar-refractivity contribution >= 4 is 29.3 Å². The third-order valence-electron chi connectivity index (χ3n) is 8.37. The lowest BCUT2D eigenvalue weighted by Crippen LogP contribution is -2.64. The molecular weight excluding hydrogens is 552 g/mol. The Kier molecular flexibility index (Phi) is 15.0. The van der Waals surface area contributed by atoms with Crippen molar-refractivity contribution in [2.45, 2.75) is 72.3 Å². The number of likely N-dealkylation sites (N-methyl/N-ethyl adjacent to an activating group) is 1. The average Bonchev–Trinajstić information content (AvgIpc) is 3.06. The van der Waals surface area contributed by atoms with Crippen LogP contribution in [0.25, 0.3) is 0 Å². The van der Waals surface area contributed by atoms with Crippen LogP contribution in [-0.4, -0.2) is 103 Å². The predicted molar refractivity (Wildman–Crippen MR) is 179 cm³/mol. The number of urea groups is 2. The quantitative estimate of drug-likeness (QED) is 0.231. The van der Waals surface area contributed by atoms with E-state index in [9.17, 15) is 14.4 Å². The Labute approximate surface area is 265 Å². The summed E-state index contributed by atoms with van der Waals surface area (Å²) in [5, 5.41) is 3.08. The fourth-order valence-electron chi connectivity index (χ4n) is 5.67. The number of para-hydroxylation sites is 2. The Hall–Kier alpha value is -3.59. The smallest absolute Gasteiger partial charge is 0.329 e. The third-order valence-corrected chi connectivity index (χ3v) is 8.37. The van der Waals surface area contributed by atoms with Gasteiger partial charge in [-0.05, 0) is 50.2 Å². The molecule has 2 aromatic rings. The highest BCUT2D eigenvalue weighted by molar-refractivity contribution is 6.01. The summed E-state index contributed by atoms with van der Waals surface area (Å²) in [5.41, 5.74) is 1.45. The maximum Gasteiger partial charge on any atom is 0.329 e. The molecule has 1 aliphatic heterocycles. The fourth-order valence-corrected chi connectivity index (χ4v) is 5.67. The van der Waals surface area contributed by atoms with Crippen LogP contribution >= 0.6 is 0 Å². The van der Waals surface area contributed by atoms with Crippen molar-refractivity contribution < 1.29 is 14.4 Å². The van der Waals surface area contributed by atoms with Crippen LogP contribution in [0.1, 0.15) is 66.2 Å². The number of unbranched alkanes of at least 4 members (excludes halogenated alkanes) is 4. The van der Waals surface area contributed by atoms with Gasteiger partial charge in [0.15, 0.2) is 0 Å². The predicted octanol–water partition coefficient (Wildman–Crippen LogP) is 6.19. The van der Waals surface area contributed by atoms with Crippen LogP contribution in [0.4, 0.5) is 21.0 Å². The lowest BCUT2D eigenvalue weighted by Gasteiger charge is -2.43. The number of amides is 5. The molecule has 1 fully saturated rings. The average molecular weight is 607 g/mol. The second-order valence-electron chi connectivity index (χ2n) is 11.4. The molecule has 44 heavy (non-hydrogen) atoms. The van der Waals surface area contributed by atoms with Crippen molar-refractivity contribution in [2.24, 2.45) is 0 Å². The van der Waals surface area contributed by atoms with Gasteiger partial charge in [0.1, 0.15) is 6.04 Å². The van der Waals surface area contributed by atoms with E-state index in [1.165, 1.54) is 0 Å². The van der Waals surface area contributed by atoms with E-state index in [1.807, 2.05) is 65.6 Å². The van der Waals surface area contributed by atoms with Gasteiger partial charge in [-0.1, -0.05) is 89.8 Å². The minimum absolute atomic E-state index is 0.0341. The van der Waals surface area contributed by atoms with Crippen molar-refractivity contribution in [2.75, 3.05) is 63.8 Å². The first kappa shape index (κ1) is 34.9. The molecule has 2 aromatic carbocycles. The molecule has 0 saturated carbocycles. The molecule has 1 atom stereocenters. The van der Waals surface area contributed by atoms with Crippen molar-refractivity contribution in [3.05, 3.63) is 60.7 Å². The number of piperazine rings is 1. The first-order valence-electron chi connectivity index (χ1n) is 16.7. The van der Waals surface area contributed by atoms with Crippen LogP contribution < -0.4 is 10.2 Å². The third kappa shape index (κ3) is 9.97. The molecule has 242 valence electrons. The number of benzene rings is 2. The summed E-state index contributed by atoms with van der Waals surface area (Å²) in [6.45, 7) is 13.8. The van der Waals surface area contributed by atoms with Crippen molar-refractivity contribution in [3.8, 4) is 0 Å². The molecule has 9 heteroatoms. The molecule has 1 saturated heterocycles. The number of anilines is 2. The first-order chi connectivity index (χ1) is 21.4. The topological polar surface area (TPSA) is 79.4 Å². The molecule has 0 bridgehead atoms. The van der Waals surface area contributed by atoms with Gasteiger partial charge in [0.2, 0.25) is 5.91 Å². The summed E-state index contributed by atoms with van der Waals surface area (Å²) < 4.78 is 0. The van der Waals surface area contributed by atoms with E-state index in [4.69, 9.17) is 0 Å². The molecule has 1 N–H and O–H groups in total. The van der Waals surface area contributed by atoms with Gasteiger partial charge in [0.05, 0.1) is 17.9 Å². The van der Waals surface area contributed by atoms with Gasteiger partial charge in [-0.2, -0.15) is 0 Å². The zero-order chi connectivity index (χ0) is 31.7. The van der Waals surface area contributed by atoms with Gasteiger partial charge in [0, 0.05) is 39.3 Å². The Bertz CT molecular complexity index is 1080. The normalized spacial score (nSPS) is 14.9. The van der Waals surface area contributed by atoms with Gasteiger partial charge in [-0.15, -0.1) is 0 Å². The maximum atomic E-state index is 14.4. The molecular formula is C35H54N6O3. The molecule has 0 unspecified atom stereocenters. The second-order valence-corrected chi connectivity index (χ2v) is 11.4. The summed E-state index contributed by atoms with van der Waals surface area (Å²) in [6, 6.07) is 17.9. The largest absolute Gasteiger partial charge is 0.353 e. The van der Waals surface area contributed by atoms with E-state index >= 15 is 0 Å². The Morgan fingerprint density at radius 1 is 0.727 bits per heavy atom. The zero-order valence-electron chi connectivity index (χ0n) is 27.4. The van der Waals surface area contributed by atoms with Crippen LogP contribution in [0.15, 0.2) is 60.7 Å². The molecule has 1 aliphatic rings. The monoisotopic (exact) mass is 606 g/mol. The summed E-state index contributed by atoms with van der Waals surface area (Å²) >= 11 is 0. The molecule has 9 nitrogen and oxygen atoms in total. The van der Waals surface area contributed by atoms with Crippen LogP contribution in [0.5, 0.6) is 0 Å². The summed E-state index contributed by atoms with van der Waals surface area (Å²) in [4.78, 5) is 51.4. The first-order valence-corrected chi connectivity index (χ1v) is 16.7. The van der Waals surface area contributed by atoms with Gasteiger partial charge < -0.3 is 24.9 Å². The van der Waals surface area contributed by atoms with Gasteiger partial charge in [0.25, 0.3) is 0 Å². The highest BCUT2D eigenvalue weighted by atomic mass is 16.2. The van der Waals surface area contributed by atoms with E-state index < -0.39 is 6.04 Å². The highest BCUT2D eigenvalue weighted by Crippen LogP contribution is 2.28. The molecule has 0 aliphatic carbocycles. The SMILES string of the molecule is CCCCCN(CCCCC)C(=O)N1CCN(C(=O)N(c2ccccc2)c2ccccc2)[C@H](C(=O)NCCN(CC)CC)C1. The number of hydrogen-bond donors (Lipinski definition) is 1. The lowest BCUT2D eigenvalue weighted by molar-refractivity contribution is -0.127. The van der Waals surface area contributed by atoms with Gasteiger partial charge >= 0.3 is 12.1 Å². The van der Waals surface area contributed by atoms with E-state index in [2.05, 4.69) is 37.9 Å². The summed E-state index contributed by atoms with van der Waals surface area (Å²) in [7, 11) is 0. The maximum absolute atomic E-state index is 14.4. The molecule has 1 heterocycles. The lowest BCUT2D eigenvalue weighted by atomic mass is 10.1. The Morgan fingerprint density at radius 3 is 1.77 bits per heavy atom. The van der Waals surface area contributed by atoms with E-state index in [1.54, 1.807) is 14.7 Å². The van der Waals surface area contributed by atoms with Crippen LogP contribution in [0.2, 0.25) is 0 Å². The van der Waals surface area contributed by atoms with Crippen molar-refractivity contribution in [1.29, 1.82) is 0 Å². The van der Waals surface area contributed by atoms with Gasteiger partial charge in [-0.25, -0.2) is 9.59 Å². The van der Waals surface area contributed by atoms with E-state index in [0.717, 1.165) is 69.5 Å². The fraction of sp³-hybridized carbons (Fsp3) is 0.571. The van der Waals surface area contributed by atoms with Crippen molar-refractivity contribution in [3.63, 3.8) is 0 Å². The van der Waals surface area contributed by atoms with Crippen LogP contribution in [0, 0.1) is 0 Å². The second kappa shape index (κ2) is 18.9. The number of nitrogens with one attached hydrogen (secondary N) is 1. The summed E-state index contributed by atoms with van der Waals surface area (Å²) in [6.07, 6.45) is 6.26. The minimum Gasteiger partial charge on any atom is -0.353 e. The Balaban J connectivity index is 1.87. The van der Waals surface area contributed by atoms with Crippen LogP contribution in [-0.2, 0) is 4.79 Å². The minimum atomic E-state index is -0.806. The molecule has 5 amide bonds. The number of hydrogen-bond acceptors (Lipinski definition) is 4. The molecule has 0 radical (unpaired) electrons. The van der Waals surface area contributed by atoms with E-state index in [0.29, 0.717) is 26.2 Å². The standard InChI is InChI=1S/C35H54N6O3/c1-5-9-17-24-38(25-18-10-6-2)34(43)39-27-28-40(32(29-39)33(42)36-23-26-37(7-3)8-4)35(44)41(30-19-13-11-14-20-30)31-21-15-12-16-22-31/h11-16,19-22,32H,5-10,17-18,23-29H2,1-4H3,(H,36,42)/t32-/m0/s1. The number of carbonyl (C=O) groups excluding carboxylic acids is 3. The van der Waals surface area contributed by atoms with Crippen molar-refractivity contribution in [1.82, 2.24) is 24.9 Å². The molecule has 0 aromatic heterocycles. The zero-order valence-corrected chi connectivity index (χ0v) is 27.4. The number of carbonyl (C=O) groups is 3. The number of nitrogens with zero attached hydrogens (tertiary/aromatic N) is 5. The Morgan fingerprint density at radius 2 is 1.27 bits per heavy atom. The van der Waals surface area contributed by atoms with E-state index in [-0.39, 0.29) is 31.1 Å². The summed E-state index contributed by atoms with van der Waals surface area (Å²) in [5.74, 6) is -0.229. The van der Waals surface area contributed by atoms with Crippen LogP contribution in [0.3, 0.4) is 0 Å². The molecule has 0 spiro atoms.